The molecule has 0 radical (unpaired) electrons. The molecule has 3 aromatic rings. The largest absolute Gasteiger partial charge is 0.465 e. The first kappa shape index (κ1) is 15.5. The first-order valence-electron chi connectivity index (χ1n) is 7.37. The van der Waals surface area contributed by atoms with Gasteiger partial charge in [-0.05, 0) is 25.0 Å². The Morgan fingerprint density at radius 1 is 1.30 bits per heavy atom. The van der Waals surface area contributed by atoms with Crippen LogP contribution < -0.4 is 4.90 Å². The molecule has 1 unspecified atom stereocenters. The first-order valence-corrected chi connectivity index (χ1v) is 8.18. The van der Waals surface area contributed by atoms with E-state index in [9.17, 15) is 9.90 Å². The van der Waals surface area contributed by atoms with E-state index in [-0.39, 0.29) is 12.0 Å². The highest BCUT2D eigenvalue weighted by molar-refractivity contribution is 7.17. The number of aryl methyl sites for hydroxylation is 1. The minimum Gasteiger partial charge on any atom is -0.465 e. The number of thiazole rings is 1. The van der Waals surface area contributed by atoms with E-state index in [0.29, 0.717) is 5.69 Å². The molecule has 2 heterocycles. The predicted molar refractivity (Wildman–Crippen MR) is 90.1 cm³/mol. The Hall–Kier alpha value is -2.41. The number of carboxylic acid groups (broad SMARTS) is 1. The van der Waals surface area contributed by atoms with Gasteiger partial charge in [-0.1, -0.05) is 43.4 Å². The van der Waals surface area contributed by atoms with Crippen LogP contribution in [0.1, 0.15) is 30.5 Å². The minimum absolute atomic E-state index is 0.105. The maximum absolute atomic E-state index is 12.0. The number of carbonyl (C=O) groups is 1. The fraction of sp³-hybridized carbons (Fsp3) is 0.312. The molecule has 0 aliphatic carbocycles. The van der Waals surface area contributed by atoms with Gasteiger partial charge in [0.05, 0.1) is 16.6 Å². The predicted octanol–water partition coefficient (Wildman–Crippen LogP) is 3.98. The number of aromatic nitrogens is 3. The first-order chi connectivity index (χ1) is 11.0. The Bertz CT molecular complexity index is 825. The van der Waals surface area contributed by atoms with Crippen molar-refractivity contribution in [1.82, 2.24) is 14.6 Å². The van der Waals surface area contributed by atoms with Gasteiger partial charge in [-0.2, -0.15) is 5.10 Å². The van der Waals surface area contributed by atoms with Crippen molar-refractivity contribution in [3.8, 4) is 0 Å². The highest BCUT2D eigenvalue weighted by Gasteiger charge is 2.32. The standard InChI is InChI=1S/C16H18N4O2S/c1-10(2)13(14-11(3)20-15(23-14)17-9-18-20)19(16(21)22)12-7-5-4-6-8-12/h4-10,13H,1-3H3,(H,21,22). The summed E-state index contributed by atoms with van der Waals surface area (Å²) >= 11 is 1.49. The molecule has 0 fully saturated rings. The third-order valence-electron chi connectivity index (χ3n) is 3.81. The minimum atomic E-state index is -0.965. The fourth-order valence-electron chi connectivity index (χ4n) is 2.78. The van der Waals surface area contributed by atoms with Gasteiger partial charge in [0, 0.05) is 5.69 Å². The summed E-state index contributed by atoms with van der Waals surface area (Å²) in [6.07, 6.45) is 0.549. The third kappa shape index (κ3) is 2.68. The molecule has 0 saturated carbocycles. The van der Waals surface area contributed by atoms with Crippen LogP contribution in [-0.4, -0.2) is 25.8 Å². The van der Waals surface area contributed by atoms with E-state index < -0.39 is 6.09 Å². The van der Waals surface area contributed by atoms with Crippen molar-refractivity contribution in [2.75, 3.05) is 4.90 Å². The highest BCUT2D eigenvalue weighted by atomic mass is 32.1. The van der Waals surface area contributed by atoms with E-state index in [1.54, 1.807) is 4.52 Å². The van der Waals surface area contributed by atoms with Crippen LogP contribution in [-0.2, 0) is 0 Å². The van der Waals surface area contributed by atoms with E-state index in [1.807, 2.05) is 51.1 Å². The van der Waals surface area contributed by atoms with Crippen molar-refractivity contribution in [2.45, 2.75) is 26.8 Å². The van der Waals surface area contributed by atoms with Crippen molar-refractivity contribution < 1.29 is 9.90 Å². The molecule has 7 heteroatoms. The number of rotatable bonds is 4. The molecule has 0 saturated heterocycles. The van der Waals surface area contributed by atoms with Crippen LogP contribution in [0.4, 0.5) is 10.5 Å². The van der Waals surface area contributed by atoms with E-state index >= 15 is 0 Å². The molecular weight excluding hydrogens is 312 g/mol. The Morgan fingerprint density at radius 3 is 2.57 bits per heavy atom. The number of hydrogen-bond acceptors (Lipinski definition) is 4. The smallest absolute Gasteiger partial charge is 0.412 e. The van der Waals surface area contributed by atoms with Crippen LogP contribution in [0.25, 0.3) is 4.96 Å². The van der Waals surface area contributed by atoms with Crippen LogP contribution in [0.5, 0.6) is 0 Å². The zero-order valence-electron chi connectivity index (χ0n) is 13.2. The number of para-hydroxylation sites is 1. The second-order valence-corrected chi connectivity index (χ2v) is 6.69. The molecule has 0 spiro atoms. The molecule has 120 valence electrons. The highest BCUT2D eigenvalue weighted by Crippen LogP contribution is 2.38. The zero-order chi connectivity index (χ0) is 16.6. The van der Waals surface area contributed by atoms with E-state index in [1.165, 1.54) is 22.6 Å². The van der Waals surface area contributed by atoms with Crippen LogP contribution in [0, 0.1) is 12.8 Å². The fourth-order valence-corrected chi connectivity index (χ4v) is 4.08. The van der Waals surface area contributed by atoms with Crippen molar-refractivity contribution in [3.63, 3.8) is 0 Å². The van der Waals surface area contributed by atoms with Gasteiger partial charge in [0.15, 0.2) is 0 Å². The summed E-state index contributed by atoms with van der Waals surface area (Å²) in [5, 5.41) is 14.0. The Balaban J connectivity index is 2.14. The molecule has 1 N–H and O–H groups in total. The summed E-state index contributed by atoms with van der Waals surface area (Å²) in [5.41, 5.74) is 1.60. The molecule has 1 amide bonds. The lowest BCUT2D eigenvalue weighted by molar-refractivity contribution is 0.196. The van der Waals surface area contributed by atoms with Gasteiger partial charge in [0.25, 0.3) is 0 Å². The molecule has 1 aromatic carbocycles. The third-order valence-corrected chi connectivity index (χ3v) is 5.03. The number of hydrogen-bond donors (Lipinski definition) is 1. The van der Waals surface area contributed by atoms with Crippen molar-refractivity contribution in [1.29, 1.82) is 0 Å². The lowest BCUT2D eigenvalue weighted by Crippen LogP contribution is -2.36. The second kappa shape index (κ2) is 6.00. The van der Waals surface area contributed by atoms with Gasteiger partial charge < -0.3 is 5.11 Å². The molecule has 3 rings (SSSR count). The number of nitrogens with zero attached hydrogens (tertiary/aromatic N) is 4. The number of anilines is 1. The molecule has 6 nitrogen and oxygen atoms in total. The summed E-state index contributed by atoms with van der Waals surface area (Å²) < 4.78 is 1.76. The lowest BCUT2D eigenvalue weighted by atomic mass is 9.99. The maximum atomic E-state index is 12.0. The number of amides is 1. The molecule has 0 aliphatic heterocycles. The molecule has 0 aliphatic rings. The summed E-state index contributed by atoms with van der Waals surface area (Å²) in [5.74, 6) is 0.105. The molecular formula is C16H18N4O2S. The van der Waals surface area contributed by atoms with Crippen LogP contribution >= 0.6 is 11.3 Å². The quantitative estimate of drug-likeness (QED) is 0.785. The Labute approximate surface area is 138 Å². The van der Waals surface area contributed by atoms with Gasteiger partial charge in [-0.3, -0.25) is 4.90 Å². The van der Waals surface area contributed by atoms with Crippen LogP contribution in [0.3, 0.4) is 0 Å². The summed E-state index contributed by atoms with van der Waals surface area (Å²) in [6.45, 7) is 6.01. The lowest BCUT2D eigenvalue weighted by Gasteiger charge is -2.32. The van der Waals surface area contributed by atoms with Crippen molar-refractivity contribution >= 4 is 28.1 Å². The van der Waals surface area contributed by atoms with Crippen LogP contribution in [0.15, 0.2) is 36.7 Å². The van der Waals surface area contributed by atoms with E-state index in [4.69, 9.17) is 0 Å². The topological polar surface area (TPSA) is 70.7 Å². The summed E-state index contributed by atoms with van der Waals surface area (Å²) in [6, 6.07) is 8.91. The molecule has 23 heavy (non-hydrogen) atoms. The normalized spacial score (nSPS) is 12.7. The maximum Gasteiger partial charge on any atom is 0.412 e. The Morgan fingerprint density at radius 2 is 2.00 bits per heavy atom. The average Bonchev–Trinajstić information content (AvgIpc) is 3.08. The Kier molecular flexibility index (Phi) is 4.04. The van der Waals surface area contributed by atoms with E-state index in [2.05, 4.69) is 10.1 Å². The zero-order valence-corrected chi connectivity index (χ0v) is 14.0. The second-order valence-electron chi connectivity index (χ2n) is 5.68. The van der Waals surface area contributed by atoms with Crippen molar-refractivity contribution in [3.05, 3.63) is 47.2 Å². The SMILES string of the molecule is Cc1c(C(C(C)C)N(C(=O)O)c2ccccc2)sc2ncnn12. The average molecular weight is 330 g/mol. The van der Waals surface area contributed by atoms with Crippen molar-refractivity contribution in [2.24, 2.45) is 5.92 Å². The molecule has 2 aromatic heterocycles. The van der Waals surface area contributed by atoms with Gasteiger partial charge >= 0.3 is 6.09 Å². The molecule has 1 atom stereocenters. The van der Waals surface area contributed by atoms with E-state index in [0.717, 1.165) is 15.5 Å². The monoisotopic (exact) mass is 330 g/mol. The van der Waals surface area contributed by atoms with Gasteiger partial charge in [0.1, 0.15) is 6.33 Å². The van der Waals surface area contributed by atoms with Crippen LogP contribution in [0.2, 0.25) is 0 Å². The number of fused-ring (bicyclic) bond motifs is 1. The number of benzene rings is 1. The summed E-state index contributed by atoms with van der Waals surface area (Å²) in [7, 11) is 0. The van der Waals surface area contributed by atoms with Gasteiger partial charge in [-0.25, -0.2) is 14.3 Å². The molecule has 0 bridgehead atoms. The summed E-state index contributed by atoms with van der Waals surface area (Å²) in [4.78, 5) is 19.4. The van der Waals surface area contributed by atoms with Gasteiger partial charge in [-0.15, -0.1) is 0 Å². The van der Waals surface area contributed by atoms with Gasteiger partial charge in [0.2, 0.25) is 4.96 Å².